The Bertz CT molecular complexity index is 547. The predicted octanol–water partition coefficient (Wildman–Crippen LogP) is 2.74. The van der Waals surface area contributed by atoms with Crippen molar-refractivity contribution in [3.05, 3.63) is 35.8 Å². The summed E-state index contributed by atoms with van der Waals surface area (Å²) in [5, 5.41) is 3.38. The summed E-state index contributed by atoms with van der Waals surface area (Å²) in [6.07, 6.45) is 2.07. The minimum atomic E-state index is -0.284. The molecule has 0 unspecified atom stereocenters. The van der Waals surface area contributed by atoms with E-state index in [0.29, 0.717) is 0 Å². The molecule has 1 N–H and O–H groups in total. The summed E-state index contributed by atoms with van der Waals surface area (Å²) in [4.78, 5) is 2.41. The van der Waals surface area contributed by atoms with Crippen LogP contribution in [0, 0.1) is 0 Å². The third-order valence-corrected chi connectivity index (χ3v) is 5.09. The first kappa shape index (κ1) is 16.6. The molecule has 0 radical (unpaired) electrons. The number of rotatable bonds is 3. The molecule has 0 bridgehead atoms. The lowest BCUT2D eigenvalue weighted by atomic mass is 9.89. The summed E-state index contributed by atoms with van der Waals surface area (Å²) in [6.45, 7) is 12.6. The van der Waals surface area contributed by atoms with Gasteiger partial charge in [0.15, 0.2) is 0 Å². The maximum atomic E-state index is 5.98. The molecule has 3 rings (SSSR count). The van der Waals surface area contributed by atoms with Crippen LogP contribution in [0.2, 0.25) is 0 Å². The van der Waals surface area contributed by atoms with Gasteiger partial charge >= 0.3 is 7.12 Å². The molecule has 2 aliphatic rings. The van der Waals surface area contributed by atoms with Crippen molar-refractivity contribution in [1.29, 1.82) is 0 Å². The number of benzene rings is 1. The van der Waals surface area contributed by atoms with E-state index in [1.54, 1.807) is 0 Å². The van der Waals surface area contributed by atoms with Crippen LogP contribution in [0.3, 0.4) is 0 Å². The van der Waals surface area contributed by atoms with Crippen molar-refractivity contribution in [2.75, 3.05) is 31.1 Å². The zero-order valence-corrected chi connectivity index (χ0v) is 14.6. The van der Waals surface area contributed by atoms with Crippen LogP contribution in [0.1, 0.15) is 33.3 Å². The Morgan fingerprint density at radius 3 is 2.13 bits per heavy atom. The van der Waals surface area contributed by atoms with Crippen molar-refractivity contribution < 1.29 is 9.31 Å². The normalized spacial score (nSPS) is 23.7. The van der Waals surface area contributed by atoms with Crippen molar-refractivity contribution in [3.8, 4) is 0 Å². The molecule has 1 aromatic rings. The fraction of sp³-hybridized carbons (Fsp3) is 0.556. The van der Waals surface area contributed by atoms with Gasteiger partial charge < -0.3 is 19.5 Å². The van der Waals surface area contributed by atoms with Gasteiger partial charge in [-0.15, -0.1) is 0 Å². The summed E-state index contributed by atoms with van der Waals surface area (Å²) in [7, 11) is -0.284. The summed E-state index contributed by atoms with van der Waals surface area (Å²) in [6, 6.07) is 8.68. The standard InChI is InChI=1S/C18H27BN2O2/c1-17(2)18(3,4)23-19(22-17)10-9-15-5-7-16(8-6-15)21-13-11-20-12-14-21/h5-10,20H,11-14H2,1-4H3/b10-9+. The van der Waals surface area contributed by atoms with Crippen LogP contribution in [-0.4, -0.2) is 44.5 Å². The van der Waals surface area contributed by atoms with Crippen LogP contribution >= 0.6 is 0 Å². The fourth-order valence-electron chi connectivity index (χ4n) is 2.88. The number of piperazine rings is 1. The first-order valence-electron chi connectivity index (χ1n) is 8.47. The SMILES string of the molecule is CC1(C)OB(/C=C/c2ccc(N3CCNCC3)cc2)OC1(C)C. The van der Waals surface area contributed by atoms with Gasteiger partial charge in [0.25, 0.3) is 0 Å². The molecule has 0 aromatic heterocycles. The fourth-order valence-corrected chi connectivity index (χ4v) is 2.88. The average Bonchev–Trinajstić information content (AvgIpc) is 2.74. The zero-order chi connectivity index (χ0) is 16.5. The van der Waals surface area contributed by atoms with Gasteiger partial charge in [0.1, 0.15) is 0 Å². The van der Waals surface area contributed by atoms with E-state index in [2.05, 4.69) is 68.3 Å². The van der Waals surface area contributed by atoms with Gasteiger partial charge in [-0.25, -0.2) is 0 Å². The molecule has 0 saturated carbocycles. The Morgan fingerprint density at radius 2 is 1.57 bits per heavy atom. The third-order valence-electron chi connectivity index (χ3n) is 5.09. The topological polar surface area (TPSA) is 33.7 Å². The summed E-state index contributed by atoms with van der Waals surface area (Å²) in [5.74, 6) is 2.00. The van der Waals surface area contributed by atoms with Crippen molar-refractivity contribution in [3.63, 3.8) is 0 Å². The van der Waals surface area contributed by atoms with Gasteiger partial charge in [-0.2, -0.15) is 0 Å². The Labute approximate surface area is 140 Å². The van der Waals surface area contributed by atoms with Crippen LogP contribution < -0.4 is 10.2 Å². The molecule has 1 aromatic carbocycles. The van der Waals surface area contributed by atoms with Gasteiger partial charge in [-0.3, -0.25) is 0 Å². The lowest BCUT2D eigenvalue weighted by Crippen LogP contribution is -2.43. The second-order valence-electron chi connectivity index (χ2n) is 7.31. The number of nitrogens with one attached hydrogen (secondary N) is 1. The first-order chi connectivity index (χ1) is 10.9. The number of hydrogen-bond donors (Lipinski definition) is 1. The Morgan fingerprint density at radius 1 is 1.00 bits per heavy atom. The molecule has 2 fully saturated rings. The minimum Gasteiger partial charge on any atom is -0.400 e. The van der Waals surface area contributed by atoms with Crippen molar-refractivity contribution in [2.45, 2.75) is 38.9 Å². The van der Waals surface area contributed by atoms with E-state index in [9.17, 15) is 0 Å². The summed E-state index contributed by atoms with van der Waals surface area (Å²) >= 11 is 0. The van der Waals surface area contributed by atoms with E-state index in [-0.39, 0.29) is 18.3 Å². The first-order valence-corrected chi connectivity index (χ1v) is 8.47. The molecule has 23 heavy (non-hydrogen) atoms. The lowest BCUT2D eigenvalue weighted by molar-refractivity contribution is 0.00578. The number of nitrogens with zero attached hydrogens (tertiary/aromatic N) is 1. The molecule has 5 heteroatoms. The molecule has 124 valence electrons. The van der Waals surface area contributed by atoms with E-state index in [1.165, 1.54) is 11.3 Å². The second kappa shape index (κ2) is 6.31. The third kappa shape index (κ3) is 3.62. The molecule has 0 spiro atoms. The lowest BCUT2D eigenvalue weighted by Gasteiger charge is -2.32. The van der Waals surface area contributed by atoms with E-state index in [0.717, 1.165) is 26.2 Å². The maximum Gasteiger partial charge on any atom is 0.487 e. The molecule has 0 atom stereocenters. The van der Waals surface area contributed by atoms with E-state index in [1.807, 2.05) is 5.98 Å². The molecular weight excluding hydrogens is 287 g/mol. The molecular formula is C18H27BN2O2. The Balaban J connectivity index is 1.62. The summed E-state index contributed by atoms with van der Waals surface area (Å²) in [5.41, 5.74) is 1.89. The largest absolute Gasteiger partial charge is 0.487 e. The molecule has 0 aliphatic carbocycles. The number of anilines is 1. The average molecular weight is 314 g/mol. The van der Waals surface area contributed by atoms with Crippen molar-refractivity contribution in [2.24, 2.45) is 0 Å². The molecule has 2 heterocycles. The highest BCUT2D eigenvalue weighted by Crippen LogP contribution is 2.37. The van der Waals surface area contributed by atoms with Gasteiger partial charge in [-0.1, -0.05) is 24.2 Å². The molecule has 4 nitrogen and oxygen atoms in total. The van der Waals surface area contributed by atoms with Gasteiger partial charge in [0.05, 0.1) is 11.2 Å². The van der Waals surface area contributed by atoms with Gasteiger partial charge in [0.2, 0.25) is 0 Å². The highest BCUT2D eigenvalue weighted by atomic mass is 16.7. The van der Waals surface area contributed by atoms with Crippen LogP contribution in [-0.2, 0) is 9.31 Å². The monoisotopic (exact) mass is 314 g/mol. The Kier molecular flexibility index (Phi) is 4.54. The minimum absolute atomic E-state index is 0.284. The molecule has 0 amide bonds. The number of hydrogen-bond acceptors (Lipinski definition) is 4. The van der Waals surface area contributed by atoms with Crippen molar-refractivity contribution >= 4 is 18.9 Å². The van der Waals surface area contributed by atoms with Gasteiger partial charge in [-0.05, 0) is 45.4 Å². The quantitative estimate of drug-likeness (QED) is 0.870. The zero-order valence-electron chi connectivity index (χ0n) is 14.6. The summed E-state index contributed by atoms with van der Waals surface area (Å²) < 4.78 is 12.0. The van der Waals surface area contributed by atoms with Crippen molar-refractivity contribution in [1.82, 2.24) is 5.32 Å². The highest BCUT2D eigenvalue weighted by Gasteiger charge is 2.49. The Hall–Kier alpha value is -1.30. The smallest absolute Gasteiger partial charge is 0.400 e. The van der Waals surface area contributed by atoms with Crippen LogP contribution in [0.5, 0.6) is 0 Å². The maximum absolute atomic E-state index is 5.98. The van der Waals surface area contributed by atoms with Crippen LogP contribution in [0.25, 0.3) is 6.08 Å². The molecule has 2 aliphatic heterocycles. The van der Waals surface area contributed by atoms with E-state index in [4.69, 9.17) is 9.31 Å². The predicted molar refractivity (Wildman–Crippen MR) is 96.6 cm³/mol. The van der Waals surface area contributed by atoms with E-state index >= 15 is 0 Å². The molecule has 2 saturated heterocycles. The van der Waals surface area contributed by atoms with Crippen LogP contribution in [0.4, 0.5) is 5.69 Å². The van der Waals surface area contributed by atoms with E-state index < -0.39 is 0 Å². The van der Waals surface area contributed by atoms with Crippen LogP contribution in [0.15, 0.2) is 30.2 Å². The highest BCUT2D eigenvalue weighted by molar-refractivity contribution is 6.52. The van der Waals surface area contributed by atoms with Gasteiger partial charge in [0, 0.05) is 31.9 Å². The second-order valence-corrected chi connectivity index (χ2v) is 7.31.